The summed E-state index contributed by atoms with van der Waals surface area (Å²) in [5.41, 5.74) is 10.6. The van der Waals surface area contributed by atoms with E-state index in [1.807, 2.05) is 0 Å². The molecule has 10 aromatic carbocycles. The largest absolute Gasteiger partial charge is 0.309 e. The van der Waals surface area contributed by atoms with E-state index < -0.39 is 8.07 Å². The van der Waals surface area contributed by atoms with Gasteiger partial charge in [-0.2, -0.15) is 0 Å². The monoisotopic (exact) mass is 831 g/mol. The number of rotatable bonds is 7. The van der Waals surface area contributed by atoms with Gasteiger partial charge in [0.15, 0.2) is 8.07 Å². The number of hydrogen-bond donors (Lipinski definition) is 0. The molecule has 13 aromatic rings. The molecule has 0 unspecified atom stereocenters. The van der Waals surface area contributed by atoms with Crippen LogP contribution < -0.4 is 20.7 Å². The van der Waals surface area contributed by atoms with Crippen molar-refractivity contribution in [2.75, 3.05) is 0 Å². The molecule has 0 aliphatic heterocycles. The Balaban J connectivity index is 1.08. The van der Waals surface area contributed by atoms with Crippen LogP contribution in [0.15, 0.2) is 249 Å². The molecule has 0 aliphatic carbocycles. The Hall–Kier alpha value is -8.18. The first-order valence-corrected chi connectivity index (χ1v) is 24.1. The minimum atomic E-state index is -2.92. The molecule has 0 saturated heterocycles. The van der Waals surface area contributed by atoms with Crippen molar-refractivity contribution in [1.29, 1.82) is 0 Å². The second-order valence-corrected chi connectivity index (χ2v) is 20.6. The second-order valence-electron chi connectivity index (χ2n) is 16.8. The summed E-state index contributed by atoms with van der Waals surface area (Å²) in [5, 5.41) is 12.9. The molecule has 0 amide bonds. The summed E-state index contributed by atoms with van der Waals surface area (Å²) in [6.07, 6.45) is 0. The fraction of sp³-hybridized carbons (Fsp3) is 0. The van der Waals surface area contributed by atoms with Crippen LogP contribution in [0.5, 0.6) is 0 Å². The topological polar surface area (TPSA) is 14.8 Å². The molecular formula is C60H41N3Si. The summed E-state index contributed by atoms with van der Waals surface area (Å²) >= 11 is 0. The van der Waals surface area contributed by atoms with E-state index in [2.05, 4.69) is 262 Å². The van der Waals surface area contributed by atoms with Gasteiger partial charge in [-0.3, -0.25) is 0 Å². The summed E-state index contributed by atoms with van der Waals surface area (Å²) in [6.45, 7) is 0. The minimum absolute atomic E-state index is 1.12. The van der Waals surface area contributed by atoms with E-state index in [9.17, 15) is 0 Å². The summed E-state index contributed by atoms with van der Waals surface area (Å²) in [7, 11) is -2.92. The van der Waals surface area contributed by atoms with Gasteiger partial charge >= 0.3 is 0 Å². The quantitative estimate of drug-likeness (QED) is 0.112. The van der Waals surface area contributed by atoms with E-state index in [1.54, 1.807) is 0 Å². The van der Waals surface area contributed by atoms with Gasteiger partial charge in [-0.15, -0.1) is 0 Å². The molecule has 0 spiro atoms. The number of nitrogens with zero attached hydrogens (tertiary/aromatic N) is 3. The van der Waals surface area contributed by atoms with Crippen molar-refractivity contribution in [3.05, 3.63) is 249 Å². The molecular weight excluding hydrogens is 791 g/mol. The van der Waals surface area contributed by atoms with Crippen LogP contribution in [0.3, 0.4) is 0 Å². The summed E-state index contributed by atoms with van der Waals surface area (Å²) in [6, 6.07) is 92.3. The third-order valence-electron chi connectivity index (χ3n) is 13.6. The van der Waals surface area contributed by atoms with E-state index >= 15 is 0 Å². The van der Waals surface area contributed by atoms with Gasteiger partial charge in [-0.25, -0.2) is 0 Å². The Labute approximate surface area is 372 Å². The highest BCUT2D eigenvalue weighted by molar-refractivity contribution is 7.20. The van der Waals surface area contributed by atoms with E-state index in [4.69, 9.17) is 0 Å². The van der Waals surface area contributed by atoms with Crippen LogP contribution in [-0.4, -0.2) is 21.8 Å². The van der Waals surface area contributed by atoms with Crippen LogP contribution in [-0.2, 0) is 0 Å². The molecule has 0 atom stereocenters. The Morgan fingerprint density at radius 1 is 0.234 bits per heavy atom. The zero-order chi connectivity index (χ0) is 42.2. The number of para-hydroxylation sites is 5. The summed E-state index contributed by atoms with van der Waals surface area (Å²) in [4.78, 5) is 0. The first-order chi connectivity index (χ1) is 31.8. The highest BCUT2D eigenvalue weighted by Gasteiger charge is 2.43. The van der Waals surface area contributed by atoms with Gasteiger partial charge < -0.3 is 13.7 Å². The maximum Gasteiger partial charge on any atom is 0.181 e. The van der Waals surface area contributed by atoms with Gasteiger partial charge in [0.05, 0.1) is 33.1 Å². The lowest BCUT2D eigenvalue weighted by molar-refractivity contribution is 1.13. The predicted octanol–water partition coefficient (Wildman–Crippen LogP) is 12.4. The zero-order valence-electron chi connectivity index (χ0n) is 35.0. The SMILES string of the molecule is c1ccc([Si](c2ccccc2)(c2ccccc2)c2cccc3c4ccccc4n(-c4cccc(-n5c6ccccc6c6cc(-n7c8ccccc8c8ccccc87)ccc65)c4)c23)cc1. The highest BCUT2D eigenvalue weighted by atomic mass is 28.3. The van der Waals surface area contributed by atoms with E-state index in [0.29, 0.717) is 0 Å². The van der Waals surface area contributed by atoms with Gasteiger partial charge in [-0.1, -0.05) is 188 Å². The van der Waals surface area contributed by atoms with Crippen LogP contribution in [0.25, 0.3) is 82.5 Å². The van der Waals surface area contributed by atoms with Crippen molar-refractivity contribution in [2.45, 2.75) is 0 Å². The molecule has 300 valence electrons. The van der Waals surface area contributed by atoms with E-state index in [0.717, 1.165) is 17.1 Å². The van der Waals surface area contributed by atoms with Gasteiger partial charge in [0.2, 0.25) is 0 Å². The van der Waals surface area contributed by atoms with Crippen molar-refractivity contribution in [1.82, 2.24) is 13.7 Å². The zero-order valence-corrected chi connectivity index (χ0v) is 36.0. The molecule has 3 aromatic heterocycles. The second kappa shape index (κ2) is 14.5. The molecule has 0 fully saturated rings. The summed E-state index contributed by atoms with van der Waals surface area (Å²) in [5.74, 6) is 0. The van der Waals surface area contributed by atoms with Crippen molar-refractivity contribution < 1.29 is 0 Å². The maximum atomic E-state index is 2.55. The molecule has 0 radical (unpaired) electrons. The Morgan fingerprint density at radius 2 is 0.594 bits per heavy atom. The van der Waals surface area contributed by atoms with Gasteiger partial charge in [0, 0.05) is 49.4 Å². The van der Waals surface area contributed by atoms with E-state index in [-0.39, 0.29) is 0 Å². The molecule has 3 heterocycles. The molecule has 3 nitrogen and oxygen atoms in total. The number of aromatic nitrogens is 3. The highest BCUT2D eigenvalue weighted by Crippen LogP contribution is 2.38. The third-order valence-corrected chi connectivity index (χ3v) is 18.4. The van der Waals surface area contributed by atoms with Crippen LogP contribution >= 0.6 is 0 Å². The number of fused-ring (bicyclic) bond motifs is 9. The van der Waals surface area contributed by atoms with Crippen molar-refractivity contribution in [3.8, 4) is 17.1 Å². The van der Waals surface area contributed by atoms with Gasteiger partial charge in [0.25, 0.3) is 0 Å². The molecule has 4 heteroatoms. The Morgan fingerprint density at radius 3 is 1.11 bits per heavy atom. The summed E-state index contributed by atoms with van der Waals surface area (Å²) < 4.78 is 7.42. The predicted molar refractivity (Wildman–Crippen MR) is 273 cm³/mol. The molecule has 0 saturated carbocycles. The molecule has 0 N–H and O–H groups in total. The average Bonchev–Trinajstić information content (AvgIpc) is 4.01. The van der Waals surface area contributed by atoms with Gasteiger partial charge in [-0.05, 0) is 81.4 Å². The molecule has 13 rings (SSSR count). The van der Waals surface area contributed by atoms with Crippen LogP contribution in [0.1, 0.15) is 0 Å². The van der Waals surface area contributed by atoms with Crippen molar-refractivity contribution in [2.24, 2.45) is 0 Å². The fourth-order valence-electron chi connectivity index (χ4n) is 11.0. The maximum absolute atomic E-state index is 2.92. The first kappa shape index (κ1) is 36.5. The van der Waals surface area contributed by atoms with Crippen LogP contribution in [0.2, 0.25) is 0 Å². The third kappa shape index (κ3) is 5.27. The minimum Gasteiger partial charge on any atom is -0.309 e. The average molecular weight is 832 g/mol. The molecule has 64 heavy (non-hydrogen) atoms. The smallest absolute Gasteiger partial charge is 0.181 e. The first-order valence-electron chi connectivity index (χ1n) is 22.1. The van der Waals surface area contributed by atoms with Crippen LogP contribution in [0, 0.1) is 0 Å². The lowest BCUT2D eigenvalue weighted by atomic mass is 10.1. The Bertz CT molecular complexity index is 3750. The molecule has 0 bridgehead atoms. The molecule has 0 aliphatic rings. The van der Waals surface area contributed by atoms with Gasteiger partial charge in [0.1, 0.15) is 0 Å². The van der Waals surface area contributed by atoms with Crippen molar-refractivity contribution >= 4 is 94.2 Å². The van der Waals surface area contributed by atoms with E-state index in [1.165, 1.54) is 86.2 Å². The van der Waals surface area contributed by atoms with Crippen molar-refractivity contribution in [3.63, 3.8) is 0 Å². The lowest BCUT2D eigenvalue weighted by Gasteiger charge is -2.35. The fourth-order valence-corrected chi connectivity index (χ4v) is 15.9. The number of hydrogen-bond acceptors (Lipinski definition) is 0. The Kier molecular flexibility index (Phi) is 8.23. The normalized spacial score (nSPS) is 12.1. The standard InChI is InChI=1S/C60H41N3Si/c1-4-22-45(23-5-1)64(46-24-6-2-7-25-46,47-26-8-3-9-27-47)59-37-19-32-52-50-30-12-17-36-57(50)63(60(52)59)43-21-18-20-42(40-43)61-56-35-16-13-31-51(56)53-41-44(38-39-58(53)61)62-54-33-14-10-28-48(54)49-29-11-15-34-55(49)62/h1-41H. The number of benzene rings is 10. The lowest BCUT2D eigenvalue weighted by Crippen LogP contribution is -2.75. The van der Waals surface area contributed by atoms with Crippen LogP contribution in [0.4, 0.5) is 0 Å².